The Kier molecular flexibility index (Phi) is 4.89. The van der Waals surface area contributed by atoms with Gasteiger partial charge in [0.15, 0.2) is 0 Å². The molecule has 3 heteroatoms. The molecular formula is C14H22N2S. The molecule has 2 nitrogen and oxygen atoms in total. The highest BCUT2D eigenvalue weighted by Crippen LogP contribution is 2.28. The molecule has 0 aromatic heterocycles. The van der Waals surface area contributed by atoms with Gasteiger partial charge in [0.25, 0.3) is 0 Å². The zero-order valence-corrected chi connectivity index (χ0v) is 11.3. The first-order valence-corrected chi connectivity index (χ1v) is 7.48. The van der Waals surface area contributed by atoms with Gasteiger partial charge >= 0.3 is 0 Å². The number of likely N-dealkylation sites (N-methyl/N-ethyl adjacent to an activating group) is 1. The van der Waals surface area contributed by atoms with Crippen LogP contribution in [0.3, 0.4) is 0 Å². The third-order valence-corrected chi connectivity index (χ3v) is 4.78. The van der Waals surface area contributed by atoms with Crippen molar-refractivity contribution in [3.8, 4) is 0 Å². The van der Waals surface area contributed by atoms with Gasteiger partial charge in [-0.1, -0.05) is 30.3 Å². The smallest absolute Gasteiger partial charge is 0.0255 e. The van der Waals surface area contributed by atoms with E-state index in [1.54, 1.807) is 0 Å². The van der Waals surface area contributed by atoms with Crippen LogP contribution in [0.5, 0.6) is 0 Å². The van der Waals surface area contributed by atoms with Crippen LogP contribution in [-0.4, -0.2) is 36.0 Å². The number of hydrogen-bond donors (Lipinski definition) is 1. The fraction of sp³-hybridized carbons (Fsp3) is 0.571. The van der Waals surface area contributed by atoms with Crippen molar-refractivity contribution in [2.24, 2.45) is 11.7 Å². The van der Waals surface area contributed by atoms with Crippen LogP contribution in [0.4, 0.5) is 0 Å². The summed E-state index contributed by atoms with van der Waals surface area (Å²) in [5, 5.41) is 0. The van der Waals surface area contributed by atoms with Crippen molar-refractivity contribution in [3.63, 3.8) is 0 Å². The van der Waals surface area contributed by atoms with Crippen LogP contribution in [0.1, 0.15) is 12.0 Å². The van der Waals surface area contributed by atoms with Crippen molar-refractivity contribution in [2.45, 2.75) is 19.0 Å². The number of rotatable bonds is 5. The van der Waals surface area contributed by atoms with Crippen molar-refractivity contribution >= 4 is 11.8 Å². The molecule has 1 aliphatic heterocycles. The molecule has 2 rings (SSSR count). The first-order chi connectivity index (χ1) is 8.31. The average Bonchev–Trinajstić information content (AvgIpc) is 2.85. The Bertz CT molecular complexity index is 322. The summed E-state index contributed by atoms with van der Waals surface area (Å²) in [6, 6.07) is 11.2. The van der Waals surface area contributed by atoms with E-state index in [1.807, 2.05) is 0 Å². The van der Waals surface area contributed by atoms with Crippen LogP contribution in [0, 0.1) is 5.92 Å². The molecule has 0 radical (unpaired) electrons. The van der Waals surface area contributed by atoms with Gasteiger partial charge in [-0.25, -0.2) is 0 Å². The molecule has 0 bridgehead atoms. The number of nitrogens with zero attached hydrogens (tertiary/aromatic N) is 1. The maximum absolute atomic E-state index is 5.96. The molecule has 17 heavy (non-hydrogen) atoms. The first kappa shape index (κ1) is 12.9. The summed E-state index contributed by atoms with van der Waals surface area (Å²) in [7, 11) is 2.20. The van der Waals surface area contributed by atoms with E-state index in [4.69, 9.17) is 5.73 Å². The Morgan fingerprint density at radius 2 is 2.18 bits per heavy atom. The Morgan fingerprint density at radius 1 is 1.41 bits per heavy atom. The summed E-state index contributed by atoms with van der Waals surface area (Å²) in [6.45, 7) is 1.78. The molecule has 1 heterocycles. The van der Waals surface area contributed by atoms with Gasteiger partial charge < -0.3 is 5.73 Å². The molecule has 0 saturated carbocycles. The molecule has 0 spiro atoms. The lowest BCUT2D eigenvalue weighted by Gasteiger charge is -2.31. The van der Waals surface area contributed by atoms with E-state index in [2.05, 4.69) is 54.0 Å². The highest BCUT2D eigenvalue weighted by Gasteiger charge is 2.27. The molecule has 2 atom stereocenters. The summed E-state index contributed by atoms with van der Waals surface area (Å²) in [4.78, 5) is 2.42. The van der Waals surface area contributed by atoms with Gasteiger partial charge in [-0.2, -0.15) is 11.8 Å². The SMILES string of the molecule is CN(Cc1ccccc1)C(CN)C1CCSC1. The summed E-state index contributed by atoms with van der Waals surface area (Å²) >= 11 is 2.07. The Balaban J connectivity index is 1.95. The maximum Gasteiger partial charge on any atom is 0.0255 e. The predicted molar refractivity (Wildman–Crippen MR) is 76.2 cm³/mol. The molecule has 0 amide bonds. The quantitative estimate of drug-likeness (QED) is 0.868. The zero-order valence-electron chi connectivity index (χ0n) is 10.5. The van der Waals surface area contributed by atoms with Gasteiger partial charge in [-0.15, -0.1) is 0 Å². The van der Waals surface area contributed by atoms with Crippen LogP contribution in [-0.2, 0) is 6.54 Å². The maximum atomic E-state index is 5.96. The third kappa shape index (κ3) is 3.47. The molecule has 1 aromatic rings. The Labute approximate surface area is 109 Å². The molecule has 1 aromatic carbocycles. The average molecular weight is 250 g/mol. The van der Waals surface area contributed by atoms with Gasteiger partial charge in [0.05, 0.1) is 0 Å². The predicted octanol–water partition coefficient (Wildman–Crippen LogP) is 2.20. The van der Waals surface area contributed by atoms with E-state index in [9.17, 15) is 0 Å². The standard InChI is InChI=1S/C14H22N2S/c1-16(10-12-5-3-2-4-6-12)14(9-15)13-7-8-17-11-13/h2-6,13-14H,7-11,15H2,1H3. The second-order valence-electron chi connectivity index (χ2n) is 4.83. The molecule has 1 fully saturated rings. The van der Waals surface area contributed by atoms with E-state index in [1.165, 1.54) is 23.5 Å². The van der Waals surface area contributed by atoms with Crippen molar-refractivity contribution in [1.82, 2.24) is 4.90 Å². The summed E-state index contributed by atoms with van der Waals surface area (Å²) in [6.07, 6.45) is 1.33. The minimum absolute atomic E-state index is 0.533. The Morgan fingerprint density at radius 3 is 2.76 bits per heavy atom. The van der Waals surface area contributed by atoms with E-state index >= 15 is 0 Å². The van der Waals surface area contributed by atoms with Crippen molar-refractivity contribution in [2.75, 3.05) is 25.1 Å². The minimum Gasteiger partial charge on any atom is -0.329 e. The molecule has 2 N–H and O–H groups in total. The fourth-order valence-electron chi connectivity index (χ4n) is 2.58. The normalized spacial score (nSPS) is 21.9. The van der Waals surface area contributed by atoms with Crippen LogP contribution < -0.4 is 5.73 Å². The monoisotopic (exact) mass is 250 g/mol. The van der Waals surface area contributed by atoms with E-state index in [0.717, 1.165) is 19.0 Å². The van der Waals surface area contributed by atoms with Gasteiger partial charge in [0, 0.05) is 19.1 Å². The van der Waals surface area contributed by atoms with Crippen molar-refractivity contribution in [3.05, 3.63) is 35.9 Å². The number of hydrogen-bond acceptors (Lipinski definition) is 3. The highest BCUT2D eigenvalue weighted by atomic mass is 32.2. The second-order valence-corrected chi connectivity index (χ2v) is 5.98. The summed E-state index contributed by atoms with van der Waals surface area (Å²) < 4.78 is 0. The lowest BCUT2D eigenvalue weighted by Crippen LogP contribution is -2.43. The van der Waals surface area contributed by atoms with Crippen LogP contribution in [0.15, 0.2) is 30.3 Å². The van der Waals surface area contributed by atoms with Crippen LogP contribution >= 0.6 is 11.8 Å². The van der Waals surface area contributed by atoms with Gasteiger partial charge in [0.1, 0.15) is 0 Å². The van der Waals surface area contributed by atoms with Gasteiger partial charge in [-0.3, -0.25) is 4.90 Å². The number of benzene rings is 1. The second kappa shape index (κ2) is 6.43. The zero-order chi connectivity index (χ0) is 12.1. The molecular weight excluding hydrogens is 228 g/mol. The molecule has 1 saturated heterocycles. The topological polar surface area (TPSA) is 29.3 Å². The lowest BCUT2D eigenvalue weighted by atomic mass is 9.97. The van der Waals surface area contributed by atoms with E-state index in [0.29, 0.717) is 6.04 Å². The third-order valence-electron chi connectivity index (χ3n) is 3.59. The fourth-order valence-corrected chi connectivity index (χ4v) is 3.90. The summed E-state index contributed by atoms with van der Waals surface area (Å²) in [5.41, 5.74) is 7.33. The Hall–Kier alpha value is -0.510. The molecule has 94 valence electrons. The first-order valence-electron chi connectivity index (χ1n) is 6.33. The van der Waals surface area contributed by atoms with E-state index < -0.39 is 0 Å². The minimum atomic E-state index is 0.533. The molecule has 0 aliphatic carbocycles. The van der Waals surface area contributed by atoms with Crippen LogP contribution in [0.25, 0.3) is 0 Å². The van der Waals surface area contributed by atoms with Gasteiger partial charge in [0.2, 0.25) is 0 Å². The number of nitrogens with two attached hydrogens (primary N) is 1. The highest BCUT2D eigenvalue weighted by molar-refractivity contribution is 7.99. The van der Waals surface area contributed by atoms with Gasteiger partial charge in [-0.05, 0) is 36.5 Å². The molecule has 2 unspecified atom stereocenters. The van der Waals surface area contributed by atoms with E-state index in [-0.39, 0.29) is 0 Å². The van der Waals surface area contributed by atoms with Crippen molar-refractivity contribution in [1.29, 1.82) is 0 Å². The largest absolute Gasteiger partial charge is 0.329 e. The number of thioether (sulfide) groups is 1. The lowest BCUT2D eigenvalue weighted by molar-refractivity contribution is 0.184. The van der Waals surface area contributed by atoms with Crippen LogP contribution in [0.2, 0.25) is 0 Å². The molecule has 1 aliphatic rings. The van der Waals surface area contributed by atoms with Crippen molar-refractivity contribution < 1.29 is 0 Å². The summed E-state index contributed by atoms with van der Waals surface area (Å²) in [5.74, 6) is 3.36.